The van der Waals surface area contributed by atoms with Gasteiger partial charge in [0.1, 0.15) is 5.82 Å². The number of anilines is 1. The number of benzene rings is 1. The minimum absolute atomic E-state index is 0.111. The van der Waals surface area contributed by atoms with Crippen LogP contribution in [0.3, 0.4) is 0 Å². The molecule has 0 atom stereocenters. The van der Waals surface area contributed by atoms with Crippen LogP contribution in [0.5, 0.6) is 0 Å². The van der Waals surface area contributed by atoms with Crippen LogP contribution >= 0.6 is 11.3 Å². The molecule has 0 spiro atoms. The van der Waals surface area contributed by atoms with E-state index in [1.165, 1.54) is 11.3 Å². The van der Waals surface area contributed by atoms with Crippen LogP contribution in [0.15, 0.2) is 52.5 Å². The molecule has 0 radical (unpaired) electrons. The number of carbonyl (C=O) groups is 1. The highest BCUT2D eigenvalue weighted by Crippen LogP contribution is 2.26. The van der Waals surface area contributed by atoms with Gasteiger partial charge in [-0.1, -0.05) is 12.1 Å². The minimum Gasteiger partial charge on any atom is -0.462 e. The smallest absolute Gasteiger partial charge is 0.230 e. The molecule has 4 heterocycles. The molecule has 1 aliphatic rings. The van der Waals surface area contributed by atoms with Gasteiger partial charge in [-0.05, 0) is 30.7 Å². The van der Waals surface area contributed by atoms with Gasteiger partial charge in [0, 0.05) is 29.6 Å². The molecule has 4 aromatic rings. The summed E-state index contributed by atoms with van der Waals surface area (Å²) in [4.78, 5) is 16.9. The number of aromatic nitrogens is 4. The van der Waals surface area contributed by atoms with Crippen LogP contribution in [0.4, 0.5) is 5.69 Å². The van der Waals surface area contributed by atoms with Gasteiger partial charge in [-0.2, -0.15) is 0 Å². The van der Waals surface area contributed by atoms with Gasteiger partial charge in [-0.3, -0.25) is 4.79 Å². The van der Waals surface area contributed by atoms with Crippen molar-refractivity contribution in [2.24, 2.45) is 0 Å². The van der Waals surface area contributed by atoms with Crippen molar-refractivity contribution in [2.45, 2.75) is 25.8 Å². The zero-order chi connectivity index (χ0) is 18.9. The molecule has 1 amide bonds. The van der Waals surface area contributed by atoms with Crippen LogP contribution < -0.4 is 5.32 Å². The van der Waals surface area contributed by atoms with Crippen molar-refractivity contribution in [1.82, 2.24) is 19.7 Å². The Labute approximate surface area is 165 Å². The second kappa shape index (κ2) is 7.05. The summed E-state index contributed by atoms with van der Waals surface area (Å²) in [5, 5.41) is 14.2. The van der Waals surface area contributed by atoms with E-state index in [0.29, 0.717) is 5.76 Å². The maximum atomic E-state index is 12.5. The van der Waals surface area contributed by atoms with E-state index in [2.05, 4.69) is 25.1 Å². The Morgan fingerprint density at radius 3 is 3.11 bits per heavy atom. The molecule has 1 N–H and O–H groups in total. The van der Waals surface area contributed by atoms with Crippen LogP contribution in [-0.4, -0.2) is 25.7 Å². The number of hydrogen-bond acceptors (Lipinski definition) is 6. The summed E-state index contributed by atoms with van der Waals surface area (Å²) in [7, 11) is 0. The topological polar surface area (TPSA) is 85.8 Å². The highest BCUT2D eigenvalue weighted by atomic mass is 32.1. The van der Waals surface area contributed by atoms with Crippen LogP contribution in [0.1, 0.15) is 17.9 Å². The molecule has 3 aromatic heterocycles. The van der Waals surface area contributed by atoms with E-state index in [0.717, 1.165) is 53.0 Å². The Morgan fingerprint density at radius 1 is 1.25 bits per heavy atom. The van der Waals surface area contributed by atoms with Crippen LogP contribution in [0.25, 0.3) is 22.2 Å². The Bertz CT molecular complexity index is 1130. The quantitative estimate of drug-likeness (QED) is 0.559. The average molecular weight is 391 g/mol. The van der Waals surface area contributed by atoms with Crippen molar-refractivity contribution in [3.05, 3.63) is 59.6 Å². The van der Waals surface area contributed by atoms with Gasteiger partial charge in [0.05, 0.1) is 18.4 Å². The van der Waals surface area contributed by atoms with Crippen molar-refractivity contribution in [3.8, 4) is 22.2 Å². The zero-order valence-corrected chi connectivity index (χ0v) is 15.8. The van der Waals surface area contributed by atoms with E-state index in [-0.39, 0.29) is 12.3 Å². The molecule has 0 bridgehead atoms. The van der Waals surface area contributed by atoms with E-state index in [1.807, 2.05) is 41.8 Å². The first-order valence-electron chi connectivity index (χ1n) is 9.07. The van der Waals surface area contributed by atoms with Crippen LogP contribution in [0.2, 0.25) is 0 Å². The number of nitrogens with zero attached hydrogens (tertiary/aromatic N) is 4. The Kier molecular flexibility index (Phi) is 4.25. The van der Waals surface area contributed by atoms with Gasteiger partial charge in [-0.15, -0.1) is 21.5 Å². The lowest BCUT2D eigenvalue weighted by Gasteiger charge is -2.07. The van der Waals surface area contributed by atoms with Crippen molar-refractivity contribution in [3.63, 3.8) is 0 Å². The number of thiazole rings is 1. The average Bonchev–Trinajstić information content (AvgIpc) is 3.45. The normalized spacial score (nSPS) is 12.9. The maximum absolute atomic E-state index is 12.5. The van der Waals surface area contributed by atoms with Crippen molar-refractivity contribution >= 4 is 22.9 Å². The SMILES string of the molecule is O=C(Cc1csc(-c2ccco2)n1)Nc1cccc(-c2nnc3n2CCC3)c1. The van der Waals surface area contributed by atoms with Crippen LogP contribution in [0, 0.1) is 0 Å². The third-order valence-electron chi connectivity index (χ3n) is 4.64. The van der Waals surface area contributed by atoms with E-state index in [9.17, 15) is 4.79 Å². The Hall–Kier alpha value is -3.26. The monoisotopic (exact) mass is 391 g/mol. The Morgan fingerprint density at radius 2 is 2.21 bits per heavy atom. The highest BCUT2D eigenvalue weighted by molar-refractivity contribution is 7.13. The first-order valence-corrected chi connectivity index (χ1v) is 9.95. The number of furan rings is 1. The molecule has 1 aliphatic heterocycles. The summed E-state index contributed by atoms with van der Waals surface area (Å²) in [5.41, 5.74) is 2.41. The second-order valence-corrected chi connectivity index (χ2v) is 7.48. The summed E-state index contributed by atoms with van der Waals surface area (Å²) >= 11 is 1.46. The number of nitrogens with one attached hydrogen (secondary N) is 1. The summed E-state index contributed by atoms with van der Waals surface area (Å²) in [6.45, 7) is 0.941. The summed E-state index contributed by atoms with van der Waals surface area (Å²) in [6.07, 6.45) is 3.89. The first-order chi connectivity index (χ1) is 13.8. The Balaban J connectivity index is 1.29. The van der Waals surface area contributed by atoms with E-state index >= 15 is 0 Å². The zero-order valence-electron chi connectivity index (χ0n) is 15.0. The fourth-order valence-corrected chi connectivity index (χ4v) is 4.16. The number of hydrogen-bond donors (Lipinski definition) is 1. The molecule has 0 saturated heterocycles. The third kappa shape index (κ3) is 3.22. The van der Waals surface area contributed by atoms with Gasteiger partial charge in [0.25, 0.3) is 0 Å². The molecule has 7 nitrogen and oxygen atoms in total. The largest absolute Gasteiger partial charge is 0.462 e. The fraction of sp³-hybridized carbons (Fsp3) is 0.200. The molecule has 0 aliphatic carbocycles. The second-order valence-electron chi connectivity index (χ2n) is 6.62. The predicted octanol–water partition coefficient (Wildman–Crippen LogP) is 3.79. The highest BCUT2D eigenvalue weighted by Gasteiger charge is 2.18. The lowest BCUT2D eigenvalue weighted by Crippen LogP contribution is -2.14. The maximum Gasteiger partial charge on any atom is 0.230 e. The number of aryl methyl sites for hydroxylation is 1. The van der Waals surface area contributed by atoms with E-state index < -0.39 is 0 Å². The van der Waals surface area contributed by atoms with Crippen molar-refractivity contribution in [1.29, 1.82) is 0 Å². The predicted molar refractivity (Wildman–Crippen MR) is 106 cm³/mol. The third-order valence-corrected chi connectivity index (χ3v) is 5.55. The molecule has 1 aromatic carbocycles. The van der Waals surface area contributed by atoms with Crippen molar-refractivity contribution < 1.29 is 9.21 Å². The molecule has 5 rings (SSSR count). The summed E-state index contributed by atoms with van der Waals surface area (Å²) < 4.78 is 7.49. The molecular weight excluding hydrogens is 374 g/mol. The minimum atomic E-state index is -0.111. The number of amides is 1. The summed E-state index contributed by atoms with van der Waals surface area (Å²) in [5.74, 6) is 2.48. The lowest BCUT2D eigenvalue weighted by atomic mass is 10.2. The number of rotatable bonds is 5. The molecule has 0 saturated carbocycles. The van der Waals surface area contributed by atoms with Crippen LogP contribution in [-0.2, 0) is 24.2 Å². The molecule has 140 valence electrons. The molecule has 8 heteroatoms. The number of fused-ring (bicyclic) bond motifs is 1. The lowest BCUT2D eigenvalue weighted by molar-refractivity contribution is -0.115. The van der Waals surface area contributed by atoms with Gasteiger partial charge in [0.2, 0.25) is 5.91 Å². The molecule has 28 heavy (non-hydrogen) atoms. The first kappa shape index (κ1) is 16.9. The number of carbonyl (C=O) groups excluding carboxylic acids is 1. The van der Waals surface area contributed by atoms with Gasteiger partial charge >= 0.3 is 0 Å². The van der Waals surface area contributed by atoms with Gasteiger partial charge < -0.3 is 14.3 Å². The summed E-state index contributed by atoms with van der Waals surface area (Å²) in [6, 6.07) is 11.4. The standard InChI is InChI=1S/C20H17N5O2S/c26-18(11-15-12-28-20(22-15)16-6-3-9-27-16)21-14-5-1-4-13(10-14)19-24-23-17-7-2-8-25(17)19/h1,3-6,9-10,12H,2,7-8,11H2,(H,21,26). The van der Waals surface area contributed by atoms with E-state index in [1.54, 1.807) is 6.26 Å². The van der Waals surface area contributed by atoms with Gasteiger partial charge in [0.15, 0.2) is 16.6 Å². The molecule has 0 fully saturated rings. The van der Waals surface area contributed by atoms with E-state index in [4.69, 9.17) is 4.42 Å². The fourth-order valence-electron chi connectivity index (χ4n) is 3.37. The van der Waals surface area contributed by atoms with Gasteiger partial charge in [-0.25, -0.2) is 4.98 Å². The van der Waals surface area contributed by atoms with Crippen molar-refractivity contribution in [2.75, 3.05) is 5.32 Å². The molecular formula is C20H17N5O2S. The molecule has 0 unspecified atom stereocenters.